The van der Waals surface area contributed by atoms with Crippen LogP contribution in [0.25, 0.3) is 55.4 Å². The van der Waals surface area contributed by atoms with Gasteiger partial charge in [0.2, 0.25) is 0 Å². The molecule has 5 nitrogen and oxygen atoms in total. The van der Waals surface area contributed by atoms with Gasteiger partial charge in [0.25, 0.3) is 0 Å². The Balaban J connectivity index is 0.000000223. The van der Waals surface area contributed by atoms with Crippen LogP contribution in [-0.4, -0.2) is 26.9 Å². The normalized spacial score (nSPS) is 16.5. The van der Waals surface area contributed by atoms with Crippen molar-refractivity contribution in [2.75, 3.05) is 0 Å². The van der Waals surface area contributed by atoms with E-state index in [4.69, 9.17) is 19.5 Å². The minimum absolute atomic E-state index is 0. The topological polar surface area (TPSA) is 64.7 Å². The van der Waals surface area contributed by atoms with Crippen molar-refractivity contribution in [1.29, 1.82) is 0 Å². The Morgan fingerprint density at radius 3 is 2.50 bits per heavy atom. The summed E-state index contributed by atoms with van der Waals surface area (Å²) in [5.41, 5.74) is 3.60. The second-order valence-corrected chi connectivity index (χ2v) is 10.6. The summed E-state index contributed by atoms with van der Waals surface area (Å²) in [6.07, 6.45) is 1.29. The average Bonchev–Trinajstić information content (AvgIpc) is 3.46. The Morgan fingerprint density at radius 1 is 0.929 bits per heavy atom. The van der Waals surface area contributed by atoms with E-state index in [1.54, 1.807) is 43.6 Å². The van der Waals surface area contributed by atoms with Crippen LogP contribution < -0.4 is 0 Å². The summed E-state index contributed by atoms with van der Waals surface area (Å²) < 4.78 is 90.0. The van der Waals surface area contributed by atoms with Gasteiger partial charge in [0.15, 0.2) is 0 Å². The molecule has 0 amide bonds. The first-order chi connectivity index (χ1) is 24.1. The molecule has 42 heavy (non-hydrogen) atoms. The molecular formula is C35H31BIrN4O-2. The number of rotatable bonds is 3. The Hall–Kier alpha value is -3.80. The Labute approximate surface area is 276 Å². The summed E-state index contributed by atoms with van der Waals surface area (Å²) >= 11 is 0. The Morgan fingerprint density at radius 2 is 1.79 bits per heavy atom. The molecule has 0 aliphatic carbocycles. The summed E-state index contributed by atoms with van der Waals surface area (Å²) in [5, 5.41) is 2.22. The quantitative estimate of drug-likeness (QED) is 0.135. The zero-order chi connectivity index (χ0) is 38.0. The number of aryl methyl sites for hydroxylation is 3. The van der Waals surface area contributed by atoms with Crippen molar-refractivity contribution in [3.05, 3.63) is 102 Å². The minimum atomic E-state index is -2.39. The van der Waals surface area contributed by atoms with Crippen LogP contribution in [0.4, 0.5) is 0 Å². The van der Waals surface area contributed by atoms with Gasteiger partial charge in [-0.25, -0.2) is 0 Å². The molecule has 0 N–H and O–H groups in total. The van der Waals surface area contributed by atoms with Gasteiger partial charge in [-0.05, 0) is 18.1 Å². The van der Waals surface area contributed by atoms with Gasteiger partial charge >= 0.3 is 165 Å². The van der Waals surface area contributed by atoms with Gasteiger partial charge in [-0.1, -0.05) is 19.0 Å². The molecular weight excluding hydrogens is 695 g/mol. The van der Waals surface area contributed by atoms with E-state index >= 15 is 0 Å². The van der Waals surface area contributed by atoms with Crippen molar-refractivity contribution in [3.8, 4) is 22.5 Å². The fraction of sp³-hybridized carbons (Fsp3) is 0.229. The maximum Gasteiger partial charge on any atom is 0 e. The molecule has 0 unspecified atom stereocenters. The third kappa shape index (κ3) is 6.18. The fourth-order valence-electron chi connectivity index (χ4n) is 4.57. The molecule has 0 aliphatic heterocycles. The van der Waals surface area contributed by atoms with Crippen molar-refractivity contribution >= 4 is 39.9 Å². The van der Waals surface area contributed by atoms with Crippen LogP contribution in [0.1, 0.15) is 58.2 Å². The second-order valence-electron chi connectivity index (χ2n) is 10.6. The van der Waals surface area contributed by atoms with Crippen LogP contribution in [-0.2, 0) is 26.5 Å². The van der Waals surface area contributed by atoms with Crippen molar-refractivity contribution in [2.24, 2.45) is 5.41 Å². The number of benzene rings is 2. The van der Waals surface area contributed by atoms with E-state index in [0.717, 1.165) is 10.7 Å². The third-order valence-corrected chi connectivity index (χ3v) is 6.26. The second kappa shape index (κ2) is 11.8. The first-order valence-corrected chi connectivity index (χ1v) is 12.9. The van der Waals surface area contributed by atoms with Gasteiger partial charge < -0.3 is 4.98 Å². The average molecular weight is 738 g/mol. The van der Waals surface area contributed by atoms with Crippen molar-refractivity contribution in [3.63, 3.8) is 0 Å². The summed E-state index contributed by atoms with van der Waals surface area (Å²) in [7, 11) is 1.66. The predicted molar refractivity (Wildman–Crippen MR) is 167 cm³/mol. The number of aromatic nitrogens is 4. The SMILES string of the molecule is [2H]C([2H])([2H])c1c[c-]c(-c2ccc(C([2H])([2H])[2H])cn2)cc1.[2H]C([2H])([2H])c1cc2nbc3c[c-]c(-c4cc(C([2H])([2H])C(C)(C)C)ccn4)c4oc(n1)c2c34.[Ir]. The summed E-state index contributed by atoms with van der Waals surface area (Å²) in [4.78, 5) is 17.2. The maximum atomic E-state index is 8.61. The molecule has 0 atom stereocenters. The number of hydrogen-bond donors (Lipinski definition) is 0. The zero-order valence-electron chi connectivity index (χ0n) is 34.0. The van der Waals surface area contributed by atoms with E-state index in [1.165, 1.54) is 30.5 Å². The summed E-state index contributed by atoms with van der Waals surface area (Å²) in [5.74, 6) is 0. The van der Waals surface area contributed by atoms with Crippen LogP contribution in [0.2, 0.25) is 0 Å². The van der Waals surface area contributed by atoms with Crippen LogP contribution in [0.15, 0.2) is 71.4 Å². The summed E-state index contributed by atoms with van der Waals surface area (Å²) in [6, 6.07) is 20.3. The fourth-order valence-corrected chi connectivity index (χ4v) is 4.57. The number of pyridine rings is 3. The van der Waals surface area contributed by atoms with E-state index in [0.29, 0.717) is 44.6 Å². The smallest absolute Gasteiger partial charge is 0 e. The molecule has 0 aliphatic rings. The third-order valence-electron chi connectivity index (χ3n) is 6.26. The van der Waals surface area contributed by atoms with Gasteiger partial charge in [0.05, 0.1) is 0 Å². The maximum absolute atomic E-state index is 8.61. The first kappa shape index (κ1) is 18.7. The molecule has 0 fully saturated rings. The molecule has 7 rings (SSSR count). The van der Waals surface area contributed by atoms with E-state index in [1.807, 2.05) is 20.8 Å². The van der Waals surface area contributed by atoms with Gasteiger partial charge in [0, 0.05) is 34.5 Å². The van der Waals surface area contributed by atoms with Crippen molar-refractivity contribution < 1.29 is 39.6 Å². The molecule has 5 heterocycles. The van der Waals surface area contributed by atoms with Gasteiger partial charge in [-0.15, -0.1) is 35.4 Å². The minimum Gasteiger partial charge on any atom is 0 e. The van der Waals surface area contributed by atoms with Gasteiger partial charge in [-0.2, -0.15) is 0 Å². The van der Waals surface area contributed by atoms with E-state index < -0.39 is 32.3 Å². The van der Waals surface area contributed by atoms with Crippen molar-refractivity contribution in [2.45, 2.75) is 47.7 Å². The molecule has 0 spiro atoms. The largest absolute Gasteiger partial charge is 0 e. The van der Waals surface area contributed by atoms with Gasteiger partial charge in [-0.3, -0.25) is 0 Å². The number of hydrogen-bond acceptors (Lipinski definition) is 5. The molecule has 7 heteroatoms. The molecule has 0 bridgehead atoms. The van der Waals surface area contributed by atoms with Crippen LogP contribution >= 0.6 is 0 Å². The number of nitrogens with zero attached hydrogens (tertiary/aromatic N) is 4. The first-order valence-electron chi connectivity index (χ1n) is 18.4. The van der Waals surface area contributed by atoms with Crippen molar-refractivity contribution in [1.82, 2.24) is 19.8 Å². The molecule has 5 aromatic heterocycles. The van der Waals surface area contributed by atoms with Gasteiger partial charge in [0.1, 0.15) is 0 Å². The molecule has 0 saturated heterocycles. The molecule has 1 radical (unpaired) electrons. The van der Waals surface area contributed by atoms with E-state index in [9.17, 15) is 0 Å². The molecule has 7 aromatic rings. The molecule has 2 aromatic carbocycles. The number of furan rings is 1. The van der Waals surface area contributed by atoms with Crippen LogP contribution in [0, 0.1) is 38.1 Å². The Bertz CT molecular complexity index is 2330. The van der Waals surface area contributed by atoms with E-state index in [-0.39, 0.29) is 42.6 Å². The molecule has 0 saturated carbocycles. The standard InChI is InChI=1S/C22H19BN3O.C13H12N.Ir/c1-12-9-17-19-18-15(23-26-17)6-5-14(20(18)27-21(19)25-12)16-10-13(7-8-24-16)11-22(2,3)4;1-10-3-6-12(7-4-10)13-8-5-11(2)9-14-13;/h6-10H,11H2,1-4H3;3-6,8-9H,1-2H3;/q2*-1;/i1D3,11D2;1D3,2D3;. The van der Waals surface area contributed by atoms with Crippen LogP contribution in [0.5, 0.6) is 0 Å². The molecule has 211 valence electrons. The monoisotopic (exact) mass is 738 g/mol. The Kier molecular flexibility index (Phi) is 5.26. The van der Waals surface area contributed by atoms with E-state index in [2.05, 4.69) is 32.0 Å². The van der Waals surface area contributed by atoms with Crippen LogP contribution in [0.3, 0.4) is 0 Å². The summed E-state index contributed by atoms with van der Waals surface area (Å²) in [6.45, 7) is -1.16. The zero-order valence-corrected chi connectivity index (χ0v) is 25.4. The predicted octanol–water partition coefficient (Wildman–Crippen LogP) is 8.23.